The molecule has 1 aliphatic rings. The van der Waals surface area contributed by atoms with Crippen molar-refractivity contribution in [3.63, 3.8) is 0 Å². The number of hydrogen-bond acceptors (Lipinski definition) is 3. The van der Waals surface area contributed by atoms with Crippen LogP contribution in [0.2, 0.25) is 0 Å². The Hall–Kier alpha value is -0.880. The van der Waals surface area contributed by atoms with E-state index in [0.29, 0.717) is 31.0 Å². The predicted octanol–water partition coefficient (Wildman–Crippen LogP) is 4.50. The molecule has 0 saturated heterocycles. The Morgan fingerprint density at radius 3 is 2.43 bits per heavy atom. The van der Waals surface area contributed by atoms with Gasteiger partial charge in [0.25, 0.3) is 0 Å². The first-order valence-corrected chi connectivity index (χ1v) is 8.11. The third-order valence-electron chi connectivity index (χ3n) is 2.90. The van der Waals surface area contributed by atoms with Crippen molar-refractivity contribution in [2.75, 3.05) is 13.2 Å². The summed E-state index contributed by atoms with van der Waals surface area (Å²) in [7, 11) is 0. The fraction of sp³-hybridized carbons (Fsp3) is 0.471. The first-order chi connectivity index (χ1) is 9.90. The van der Waals surface area contributed by atoms with Crippen molar-refractivity contribution < 1.29 is 14.3 Å². The highest BCUT2D eigenvalue weighted by atomic mass is 127. The number of rotatable bonds is 7. The van der Waals surface area contributed by atoms with E-state index in [2.05, 4.69) is 0 Å². The van der Waals surface area contributed by atoms with Crippen LogP contribution in [0, 0.1) is 0 Å². The smallest absolute Gasteiger partial charge is 0.225 e. The standard InChI is InChI=1S/C17H23IO3/c1-12(2)7-9-20-14-5-6-15(17(18)19)16(11-14)21-10-8-13(3)4/h6-8,11,14H,5,9-10H2,1-4H3. The van der Waals surface area contributed by atoms with Gasteiger partial charge in [-0.1, -0.05) is 23.3 Å². The minimum atomic E-state index is -0.0400. The molecule has 0 aromatic rings. The molecule has 0 heterocycles. The third kappa shape index (κ3) is 7.09. The van der Waals surface area contributed by atoms with E-state index in [1.165, 1.54) is 11.1 Å². The molecule has 1 unspecified atom stereocenters. The lowest BCUT2D eigenvalue weighted by molar-refractivity contribution is -0.106. The van der Waals surface area contributed by atoms with Gasteiger partial charge < -0.3 is 9.47 Å². The Balaban J connectivity index is 2.71. The topological polar surface area (TPSA) is 35.5 Å². The predicted molar refractivity (Wildman–Crippen MR) is 94.4 cm³/mol. The van der Waals surface area contributed by atoms with Crippen molar-refractivity contribution in [1.29, 1.82) is 0 Å². The zero-order chi connectivity index (χ0) is 15.8. The summed E-state index contributed by atoms with van der Waals surface area (Å²) in [4.78, 5) is 11.6. The largest absolute Gasteiger partial charge is 0.489 e. The van der Waals surface area contributed by atoms with Crippen LogP contribution in [0.3, 0.4) is 0 Å². The van der Waals surface area contributed by atoms with Gasteiger partial charge in [0.15, 0.2) is 0 Å². The number of hydrogen-bond donors (Lipinski definition) is 0. The summed E-state index contributed by atoms with van der Waals surface area (Å²) >= 11 is 1.79. The minimum Gasteiger partial charge on any atom is -0.489 e. The monoisotopic (exact) mass is 402 g/mol. The van der Waals surface area contributed by atoms with Gasteiger partial charge in [-0.25, -0.2) is 0 Å². The van der Waals surface area contributed by atoms with Crippen LogP contribution in [-0.2, 0) is 14.3 Å². The van der Waals surface area contributed by atoms with Crippen LogP contribution >= 0.6 is 22.6 Å². The van der Waals surface area contributed by atoms with Crippen molar-refractivity contribution in [1.82, 2.24) is 0 Å². The van der Waals surface area contributed by atoms with E-state index in [0.717, 1.165) is 0 Å². The van der Waals surface area contributed by atoms with Gasteiger partial charge in [0.1, 0.15) is 12.4 Å². The first-order valence-electron chi connectivity index (χ1n) is 7.03. The molecule has 0 spiro atoms. The Bertz CT molecular complexity index is 490. The molecule has 0 bridgehead atoms. The summed E-state index contributed by atoms with van der Waals surface area (Å²) in [5, 5.41) is 0. The van der Waals surface area contributed by atoms with E-state index in [-0.39, 0.29) is 9.89 Å². The molecule has 116 valence electrons. The average Bonchev–Trinajstić information content (AvgIpc) is 2.37. The minimum absolute atomic E-state index is 0.00111. The van der Waals surface area contributed by atoms with E-state index in [4.69, 9.17) is 9.47 Å². The second-order valence-corrected chi connectivity index (χ2v) is 6.38. The van der Waals surface area contributed by atoms with Crippen LogP contribution in [0.5, 0.6) is 0 Å². The molecule has 4 heteroatoms. The maximum absolute atomic E-state index is 11.6. The molecule has 0 radical (unpaired) electrons. The molecule has 3 nitrogen and oxygen atoms in total. The SMILES string of the molecule is CC(C)=CCOC1=CC(OCC=C(C)C)CC=C1C(=O)I. The van der Waals surface area contributed by atoms with E-state index < -0.39 is 0 Å². The lowest BCUT2D eigenvalue weighted by Gasteiger charge is -2.20. The Morgan fingerprint density at radius 1 is 1.24 bits per heavy atom. The summed E-state index contributed by atoms with van der Waals surface area (Å²) in [6, 6.07) is 0. The molecule has 0 amide bonds. The van der Waals surface area contributed by atoms with Crippen molar-refractivity contribution in [2.45, 2.75) is 40.2 Å². The van der Waals surface area contributed by atoms with Gasteiger partial charge in [0.2, 0.25) is 3.79 Å². The van der Waals surface area contributed by atoms with Crippen LogP contribution in [0.4, 0.5) is 0 Å². The van der Waals surface area contributed by atoms with E-state index >= 15 is 0 Å². The highest BCUT2D eigenvalue weighted by molar-refractivity contribution is 14.1. The number of ether oxygens (including phenoxy) is 2. The Labute approximate surface area is 140 Å². The molecule has 1 rings (SSSR count). The molecule has 0 aliphatic heterocycles. The van der Waals surface area contributed by atoms with Gasteiger partial charge in [-0.15, -0.1) is 0 Å². The summed E-state index contributed by atoms with van der Waals surface area (Å²) in [5.41, 5.74) is 3.06. The first kappa shape index (κ1) is 18.2. The maximum Gasteiger partial charge on any atom is 0.225 e. The Kier molecular flexibility index (Phi) is 7.96. The molecule has 0 saturated carbocycles. The molecular formula is C17H23IO3. The number of halogens is 1. The van der Waals surface area contributed by atoms with Crippen molar-refractivity contribution in [3.8, 4) is 0 Å². The van der Waals surface area contributed by atoms with Gasteiger partial charge in [-0.2, -0.15) is 0 Å². The number of carbonyl (C=O) groups excluding carboxylic acids is 1. The third-order valence-corrected chi connectivity index (χ3v) is 3.48. The molecular weight excluding hydrogens is 379 g/mol. The molecule has 1 aliphatic carbocycles. The highest BCUT2D eigenvalue weighted by Crippen LogP contribution is 2.24. The second-order valence-electron chi connectivity index (χ2n) is 5.40. The molecule has 0 N–H and O–H groups in total. The van der Waals surface area contributed by atoms with Crippen LogP contribution < -0.4 is 0 Å². The van der Waals surface area contributed by atoms with Gasteiger partial charge in [0.05, 0.1) is 18.3 Å². The second kappa shape index (κ2) is 9.20. The zero-order valence-electron chi connectivity index (χ0n) is 13.1. The van der Waals surface area contributed by atoms with Crippen LogP contribution in [0.15, 0.2) is 46.8 Å². The lowest BCUT2D eigenvalue weighted by atomic mass is 10.0. The summed E-state index contributed by atoms with van der Waals surface area (Å²) in [5.74, 6) is 0.625. The van der Waals surface area contributed by atoms with E-state index in [1.807, 2.05) is 52.0 Å². The zero-order valence-corrected chi connectivity index (χ0v) is 15.3. The van der Waals surface area contributed by atoms with Crippen LogP contribution in [0.1, 0.15) is 34.1 Å². The average molecular weight is 402 g/mol. The fourth-order valence-electron chi connectivity index (χ4n) is 1.72. The summed E-state index contributed by atoms with van der Waals surface area (Å²) in [6.45, 7) is 9.16. The van der Waals surface area contributed by atoms with Gasteiger partial charge in [-0.05, 0) is 46.3 Å². The van der Waals surface area contributed by atoms with Crippen LogP contribution in [0.25, 0.3) is 0 Å². The highest BCUT2D eigenvalue weighted by Gasteiger charge is 2.20. The number of carbonyl (C=O) groups is 1. The van der Waals surface area contributed by atoms with Gasteiger partial charge >= 0.3 is 0 Å². The van der Waals surface area contributed by atoms with Crippen molar-refractivity contribution in [3.05, 3.63) is 46.8 Å². The van der Waals surface area contributed by atoms with Gasteiger partial charge in [0, 0.05) is 22.6 Å². The van der Waals surface area contributed by atoms with E-state index in [1.54, 1.807) is 22.6 Å². The molecule has 0 fully saturated rings. The van der Waals surface area contributed by atoms with Crippen molar-refractivity contribution in [2.24, 2.45) is 0 Å². The summed E-state index contributed by atoms with van der Waals surface area (Å²) in [6.07, 6.45) is 8.51. The number of allylic oxidation sites excluding steroid dienone is 3. The quantitative estimate of drug-likeness (QED) is 0.358. The summed E-state index contributed by atoms with van der Waals surface area (Å²) < 4.78 is 11.5. The fourth-order valence-corrected chi connectivity index (χ4v) is 2.20. The van der Waals surface area contributed by atoms with Crippen molar-refractivity contribution >= 4 is 26.4 Å². The van der Waals surface area contributed by atoms with Gasteiger partial charge in [-0.3, -0.25) is 4.79 Å². The Morgan fingerprint density at radius 2 is 1.86 bits per heavy atom. The van der Waals surface area contributed by atoms with Crippen LogP contribution in [-0.4, -0.2) is 23.1 Å². The normalized spacial score (nSPS) is 17.5. The lowest BCUT2D eigenvalue weighted by Crippen LogP contribution is -2.17. The van der Waals surface area contributed by atoms with E-state index in [9.17, 15) is 4.79 Å². The molecule has 0 aromatic carbocycles. The molecule has 1 atom stereocenters. The molecule has 21 heavy (non-hydrogen) atoms. The maximum atomic E-state index is 11.6. The molecule has 0 aromatic heterocycles.